The van der Waals surface area contributed by atoms with Gasteiger partial charge in [0.2, 0.25) is 11.8 Å². The molecular formula is C23H28N3O4+. The molecule has 2 aromatic rings. The van der Waals surface area contributed by atoms with Crippen LogP contribution in [0.3, 0.4) is 0 Å². The molecule has 30 heavy (non-hydrogen) atoms. The fraction of sp³-hybridized carbons (Fsp3) is 0.391. The molecule has 2 N–H and O–H groups in total. The Morgan fingerprint density at radius 3 is 2.57 bits per heavy atom. The summed E-state index contributed by atoms with van der Waals surface area (Å²) < 4.78 is 11.1. The van der Waals surface area contributed by atoms with Gasteiger partial charge in [-0.1, -0.05) is 36.4 Å². The van der Waals surface area contributed by atoms with E-state index >= 15 is 0 Å². The maximum Gasteiger partial charge on any atom is 0.240 e. The Kier molecular flexibility index (Phi) is 6.61. The monoisotopic (exact) mass is 410 g/mol. The molecule has 4 rings (SSSR count). The van der Waals surface area contributed by atoms with Crippen LogP contribution in [-0.4, -0.2) is 51.3 Å². The fourth-order valence-corrected chi connectivity index (χ4v) is 3.90. The zero-order chi connectivity index (χ0) is 20.8. The smallest absolute Gasteiger partial charge is 0.240 e. The quantitative estimate of drug-likeness (QED) is 0.729. The minimum Gasteiger partial charge on any atom is -0.491 e. The first-order valence-corrected chi connectivity index (χ1v) is 10.5. The van der Waals surface area contributed by atoms with Crippen LogP contribution in [0.5, 0.6) is 5.75 Å². The molecule has 2 aliphatic heterocycles. The van der Waals surface area contributed by atoms with Gasteiger partial charge in [-0.05, 0) is 17.7 Å². The van der Waals surface area contributed by atoms with E-state index < -0.39 is 0 Å². The number of carbonyl (C=O) groups excluding carboxylic acids is 2. The lowest BCUT2D eigenvalue weighted by molar-refractivity contribution is -0.921. The molecule has 158 valence electrons. The van der Waals surface area contributed by atoms with Crippen molar-refractivity contribution >= 4 is 17.5 Å². The molecule has 2 amide bonds. The Hall–Kier alpha value is -2.90. The Labute approximate surface area is 176 Å². The normalized spacial score (nSPS) is 17.1. The third-order valence-electron chi connectivity index (χ3n) is 5.57. The summed E-state index contributed by atoms with van der Waals surface area (Å²) in [5, 5.41) is 2.99. The van der Waals surface area contributed by atoms with Gasteiger partial charge in [0.05, 0.1) is 31.9 Å². The molecule has 1 saturated heterocycles. The number of hydrogen-bond donors (Lipinski definition) is 2. The summed E-state index contributed by atoms with van der Waals surface area (Å²) in [4.78, 5) is 28.2. The van der Waals surface area contributed by atoms with Gasteiger partial charge in [-0.15, -0.1) is 0 Å². The number of quaternary nitrogens is 1. The van der Waals surface area contributed by atoms with Crippen LogP contribution < -0.4 is 19.9 Å². The van der Waals surface area contributed by atoms with Gasteiger partial charge >= 0.3 is 0 Å². The molecule has 2 heterocycles. The van der Waals surface area contributed by atoms with Crippen LogP contribution in [0.1, 0.15) is 17.5 Å². The summed E-state index contributed by atoms with van der Waals surface area (Å²) in [5.41, 5.74) is 2.99. The van der Waals surface area contributed by atoms with Crippen molar-refractivity contribution in [3.05, 3.63) is 59.7 Å². The minimum absolute atomic E-state index is 0.0178. The standard InChI is InChI=1S/C23H27N3O4/c27-22(17-26-20-7-3-4-8-21(20)30-12-9-23(26)28)24-15-18-5-1-2-6-19(18)16-25-10-13-29-14-11-25/h1-8H,9-17H2,(H,24,27)/p+1. The summed E-state index contributed by atoms with van der Waals surface area (Å²) in [6, 6.07) is 15.5. The van der Waals surface area contributed by atoms with Crippen molar-refractivity contribution in [3.63, 3.8) is 0 Å². The Morgan fingerprint density at radius 2 is 1.73 bits per heavy atom. The van der Waals surface area contributed by atoms with Crippen LogP contribution >= 0.6 is 0 Å². The van der Waals surface area contributed by atoms with Crippen molar-refractivity contribution in [2.75, 3.05) is 44.4 Å². The van der Waals surface area contributed by atoms with Crippen LogP contribution in [0, 0.1) is 0 Å². The molecule has 1 fully saturated rings. The van der Waals surface area contributed by atoms with E-state index in [1.165, 1.54) is 15.4 Å². The van der Waals surface area contributed by atoms with Crippen LogP contribution in [0.15, 0.2) is 48.5 Å². The van der Waals surface area contributed by atoms with E-state index in [4.69, 9.17) is 9.47 Å². The van der Waals surface area contributed by atoms with Crippen molar-refractivity contribution in [2.24, 2.45) is 0 Å². The lowest BCUT2D eigenvalue weighted by Crippen LogP contribution is -3.12. The van der Waals surface area contributed by atoms with E-state index in [1.807, 2.05) is 36.4 Å². The van der Waals surface area contributed by atoms with Crippen molar-refractivity contribution in [1.82, 2.24) is 5.32 Å². The lowest BCUT2D eigenvalue weighted by Gasteiger charge is -2.25. The summed E-state index contributed by atoms with van der Waals surface area (Å²) in [6.07, 6.45) is 0.257. The average molecular weight is 410 g/mol. The molecule has 2 aromatic carbocycles. The lowest BCUT2D eigenvalue weighted by atomic mass is 10.1. The fourth-order valence-electron chi connectivity index (χ4n) is 3.90. The van der Waals surface area contributed by atoms with Crippen LogP contribution in [0.4, 0.5) is 5.69 Å². The zero-order valence-electron chi connectivity index (χ0n) is 17.1. The minimum atomic E-state index is -0.187. The number of ether oxygens (including phenoxy) is 2. The number of rotatable bonds is 6. The molecular weight excluding hydrogens is 382 g/mol. The second-order valence-corrected chi connectivity index (χ2v) is 7.63. The van der Waals surface area contributed by atoms with Gasteiger partial charge in [0.25, 0.3) is 0 Å². The Morgan fingerprint density at radius 1 is 1.00 bits per heavy atom. The summed E-state index contributed by atoms with van der Waals surface area (Å²) in [6.45, 7) is 5.26. The number of nitrogens with one attached hydrogen (secondary N) is 2. The largest absolute Gasteiger partial charge is 0.491 e. The van der Waals surface area contributed by atoms with E-state index in [-0.39, 0.29) is 24.8 Å². The van der Waals surface area contributed by atoms with Gasteiger partial charge in [-0.25, -0.2) is 0 Å². The number of hydrogen-bond acceptors (Lipinski definition) is 4. The highest BCUT2D eigenvalue weighted by Crippen LogP contribution is 2.30. The average Bonchev–Trinajstić information content (AvgIpc) is 2.93. The van der Waals surface area contributed by atoms with E-state index in [9.17, 15) is 9.59 Å². The van der Waals surface area contributed by atoms with Crippen LogP contribution in [-0.2, 0) is 27.4 Å². The molecule has 0 bridgehead atoms. The van der Waals surface area contributed by atoms with E-state index in [1.54, 1.807) is 0 Å². The van der Waals surface area contributed by atoms with Gasteiger partial charge in [0.1, 0.15) is 31.9 Å². The summed E-state index contributed by atoms with van der Waals surface area (Å²) >= 11 is 0. The highest BCUT2D eigenvalue weighted by Gasteiger charge is 2.25. The first-order valence-electron chi connectivity index (χ1n) is 10.5. The maximum absolute atomic E-state index is 12.7. The number of morpholine rings is 1. The molecule has 7 heteroatoms. The number of para-hydroxylation sites is 2. The highest BCUT2D eigenvalue weighted by molar-refractivity contribution is 6.00. The van der Waals surface area contributed by atoms with Crippen molar-refractivity contribution in [1.29, 1.82) is 0 Å². The number of anilines is 1. The highest BCUT2D eigenvalue weighted by atomic mass is 16.5. The Bertz CT molecular complexity index is 896. The van der Waals surface area contributed by atoms with Crippen molar-refractivity contribution in [2.45, 2.75) is 19.5 Å². The molecule has 0 aliphatic carbocycles. The summed E-state index contributed by atoms with van der Waals surface area (Å²) in [5.74, 6) is 0.343. The van der Waals surface area contributed by atoms with E-state index in [0.29, 0.717) is 24.6 Å². The predicted octanol–water partition coefficient (Wildman–Crippen LogP) is 0.534. The topological polar surface area (TPSA) is 72.3 Å². The molecule has 0 radical (unpaired) electrons. The van der Waals surface area contributed by atoms with Crippen molar-refractivity contribution in [3.8, 4) is 5.75 Å². The van der Waals surface area contributed by atoms with Crippen molar-refractivity contribution < 1.29 is 24.0 Å². The number of fused-ring (bicyclic) bond motifs is 1. The van der Waals surface area contributed by atoms with E-state index in [2.05, 4.69) is 17.4 Å². The molecule has 0 unspecified atom stereocenters. The third kappa shape index (κ3) is 4.98. The molecule has 0 aromatic heterocycles. The first kappa shape index (κ1) is 20.4. The number of carbonyl (C=O) groups is 2. The zero-order valence-corrected chi connectivity index (χ0v) is 17.1. The van der Waals surface area contributed by atoms with Gasteiger partial charge in [0.15, 0.2) is 0 Å². The van der Waals surface area contributed by atoms with Gasteiger partial charge < -0.3 is 19.7 Å². The molecule has 0 saturated carbocycles. The molecule has 0 atom stereocenters. The first-order chi connectivity index (χ1) is 14.7. The van der Waals surface area contributed by atoms with Crippen LogP contribution in [0.25, 0.3) is 0 Å². The molecule has 7 nitrogen and oxygen atoms in total. The predicted molar refractivity (Wildman–Crippen MR) is 112 cm³/mol. The second-order valence-electron chi connectivity index (χ2n) is 7.63. The van der Waals surface area contributed by atoms with Crippen LogP contribution in [0.2, 0.25) is 0 Å². The summed E-state index contributed by atoms with van der Waals surface area (Å²) in [7, 11) is 0. The van der Waals surface area contributed by atoms with Gasteiger partial charge in [-0.3, -0.25) is 14.5 Å². The number of benzene rings is 2. The van der Waals surface area contributed by atoms with Gasteiger partial charge in [0, 0.05) is 12.1 Å². The third-order valence-corrected chi connectivity index (χ3v) is 5.57. The maximum atomic E-state index is 12.7. The SMILES string of the molecule is O=C(CN1C(=O)CCOc2ccccc21)NCc1ccccc1C[NH+]1CCOCC1. The second kappa shape index (κ2) is 9.73. The molecule has 0 spiro atoms. The van der Waals surface area contributed by atoms with E-state index in [0.717, 1.165) is 38.4 Å². The Balaban J connectivity index is 1.39. The molecule has 2 aliphatic rings. The van der Waals surface area contributed by atoms with Gasteiger partial charge in [-0.2, -0.15) is 0 Å². The number of nitrogens with zero attached hydrogens (tertiary/aromatic N) is 1. The number of amides is 2.